The number of halogens is 3. The van der Waals surface area contributed by atoms with Crippen LogP contribution in [-0.4, -0.2) is 29.2 Å². The van der Waals surface area contributed by atoms with Gasteiger partial charge in [0.15, 0.2) is 11.2 Å². The van der Waals surface area contributed by atoms with Crippen molar-refractivity contribution >= 4 is 34.7 Å². The molecule has 1 aliphatic heterocycles. The Morgan fingerprint density at radius 2 is 1.63 bits per heavy atom. The maximum absolute atomic E-state index is 14.3. The second-order valence-electron chi connectivity index (χ2n) is 8.46. The molecule has 6 nitrogen and oxygen atoms in total. The minimum Gasteiger partial charge on any atom is -0.508 e. The number of alkyl halides is 3. The van der Waals surface area contributed by atoms with Crippen LogP contribution in [0.2, 0.25) is 0 Å². The standard InChI is InChI=1S/C26H19F3N2O4/c1-2-30-20-11-8-15(26(27,28)29)12-21(20)31(16-6-4-3-5-7-16)24(35)25(23(30)34)14-22(33)18-13-17(32)9-10-19(18)25/h3-13,32H,2,14H2,1H3. The van der Waals surface area contributed by atoms with Gasteiger partial charge >= 0.3 is 6.18 Å². The van der Waals surface area contributed by atoms with Crippen LogP contribution in [0.5, 0.6) is 5.75 Å². The number of phenolic OH excluding ortho intramolecular Hbond substituents is 1. The van der Waals surface area contributed by atoms with Gasteiger partial charge in [-0.3, -0.25) is 19.3 Å². The van der Waals surface area contributed by atoms with E-state index in [2.05, 4.69) is 0 Å². The number of likely N-dealkylation sites (N-methyl/N-ethyl adjacent to an activating group) is 1. The van der Waals surface area contributed by atoms with E-state index in [1.807, 2.05) is 0 Å². The van der Waals surface area contributed by atoms with Gasteiger partial charge in [-0.2, -0.15) is 13.2 Å². The van der Waals surface area contributed by atoms with E-state index in [1.54, 1.807) is 37.3 Å². The number of phenols is 1. The molecule has 0 radical (unpaired) electrons. The fourth-order valence-electron chi connectivity index (χ4n) is 4.93. The van der Waals surface area contributed by atoms with Crippen molar-refractivity contribution in [2.45, 2.75) is 24.9 Å². The molecule has 5 rings (SSSR count). The Morgan fingerprint density at radius 3 is 2.29 bits per heavy atom. The van der Waals surface area contributed by atoms with Crippen LogP contribution in [0.25, 0.3) is 0 Å². The Hall–Kier alpha value is -4.14. The molecule has 1 N–H and O–H groups in total. The van der Waals surface area contributed by atoms with Gasteiger partial charge in [-0.1, -0.05) is 24.3 Å². The summed E-state index contributed by atoms with van der Waals surface area (Å²) in [4.78, 5) is 43.7. The molecule has 0 saturated carbocycles. The first kappa shape index (κ1) is 22.6. The second-order valence-corrected chi connectivity index (χ2v) is 8.46. The summed E-state index contributed by atoms with van der Waals surface area (Å²) in [7, 11) is 0. The average molecular weight is 480 g/mol. The van der Waals surface area contributed by atoms with Crippen molar-refractivity contribution in [1.82, 2.24) is 0 Å². The lowest BCUT2D eigenvalue weighted by Crippen LogP contribution is -2.53. The largest absolute Gasteiger partial charge is 0.508 e. The summed E-state index contributed by atoms with van der Waals surface area (Å²) in [5.41, 5.74) is -2.54. The van der Waals surface area contributed by atoms with Crippen molar-refractivity contribution in [1.29, 1.82) is 0 Å². The van der Waals surface area contributed by atoms with Gasteiger partial charge in [-0.25, -0.2) is 0 Å². The van der Waals surface area contributed by atoms with Crippen LogP contribution in [0.15, 0.2) is 66.7 Å². The molecule has 1 spiro atoms. The molecule has 0 bridgehead atoms. The Bertz CT molecular complexity index is 1390. The van der Waals surface area contributed by atoms with Crippen molar-refractivity contribution < 1.29 is 32.7 Å². The fraction of sp³-hybridized carbons (Fsp3) is 0.192. The molecule has 1 unspecified atom stereocenters. The number of benzene rings is 3. The fourth-order valence-corrected chi connectivity index (χ4v) is 4.93. The third kappa shape index (κ3) is 3.22. The summed E-state index contributed by atoms with van der Waals surface area (Å²) >= 11 is 0. The number of aromatic hydroxyl groups is 1. The Labute approximate surface area is 198 Å². The molecular weight excluding hydrogens is 461 g/mol. The van der Waals surface area contributed by atoms with E-state index in [0.29, 0.717) is 0 Å². The minimum atomic E-state index is -4.68. The quantitative estimate of drug-likeness (QED) is 0.526. The minimum absolute atomic E-state index is 0.0395. The van der Waals surface area contributed by atoms with Gasteiger partial charge < -0.3 is 10.0 Å². The second kappa shape index (κ2) is 7.69. The summed E-state index contributed by atoms with van der Waals surface area (Å²) in [6.45, 7) is 1.70. The summed E-state index contributed by atoms with van der Waals surface area (Å²) in [6.07, 6.45) is -5.18. The number of fused-ring (bicyclic) bond motifs is 3. The SMILES string of the molecule is CCN1C(=O)C2(CC(=O)c3cc(O)ccc32)C(=O)N(c2ccccc2)c2cc(C(F)(F)F)ccc21. The highest BCUT2D eigenvalue weighted by Gasteiger charge is 2.60. The van der Waals surface area contributed by atoms with E-state index in [0.717, 1.165) is 17.0 Å². The molecule has 1 aliphatic carbocycles. The summed E-state index contributed by atoms with van der Waals surface area (Å²) in [6, 6.07) is 14.8. The third-order valence-corrected chi connectivity index (χ3v) is 6.53. The number of nitrogens with zero attached hydrogens (tertiary/aromatic N) is 2. The van der Waals surface area contributed by atoms with Gasteiger partial charge in [0.2, 0.25) is 5.91 Å². The number of ketones is 1. The van der Waals surface area contributed by atoms with Crippen LogP contribution in [0.1, 0.15) is 34.8 Å². The molecule has 2 aliphatic rings. The molecule has 0 aromatic heterocycles. The van der Waals surface area contributed by atoms with Crippen LogP contribution in [0.4, 0.5) is 30.2 Å². The number of carbonyl (C=O) groups is 3. The zero-order valence-corrected chi connectivity index (χ0v) is 18.5. The van der Waals surface area contributed by atoms with E-state index in [-0.39, 0.29) is 40.5 Å². The Balaban J connectivity index is 1.85. The lowest BCUT2D eigenvalue weighted by molar-refractivity contribution is -0.138. The third-order valence-electron chi connectivity index (χ3n) is 6.53. The molecule has 1 heterocycles. The highest BCUT2D eigenvalue weighted by atomic mass is 19.4. The van der Waals surface area contributed by atoms with Crippen molar-refractivity contribution in [2.75, 3.05) is 16.3 Å². The molecule has 9 heteroatoms. The number of rotatable bonds is 2. The van der Waals surface area contributed by atoms with Crippen LogP contribution in [0.3, 0.4) is 0 Å². The first-order valence-corrected chi connectivity index (χ1v) is 10.9. The van der Waals surface area contributed by atoms with Crippen LogP contribution in [-0.2, 0) is 21.2 Å². The van der Waals surface area contributed by atoms with Gasteiger partial charge in [0.1, 0.15) is 5.75 Å². The van der Waals surface area contributed by atoms with Gasteiger partial charge in [0.25, 0.3) is 5.91 Å². The summed E-state index contributed by atoms with van der Waals surface area (Å²) in [5.74, 6) is -2.25. The zero-order valence-electron chi connectivity index (χ0n) is 18.5. The zero-order chi connectivity index (χ0) is 25.1. The predicted octanol–water partition coefficient (Wildman–Crippen LogP) is 4.97. The molecule has 3 aromatic carbocycles. The predicted molar refractivity (Wildman–Crippen MR) is 122 cm³/mol. The molecule has 1 atom stereocenters. The van der Waals surface area contributed by atoms with Gasteiger partial charge in [0, 0.05) is 24.2 Å². The van der Waals surface area contributed by atoms with Crippen molar-refractivity contribution in [3.8, 4) is 5.75 Å². The first-order chi connectivity index (χ1) is 16.6. The Kier molecular flexibility index (Phi) is 4.98. The van der Waals surface area contributed by atoms with E-state index in [9.17, 15) is 32.7 Å². The van der Waals surface area contributed by atoms with Crippen LogP contribution in [0, 0.1) is 0 Å². The molecule has 2 amide bonds. The van der Waals surface area contributed by atoms with Gasteiger partial charge in [-0.15, -0.1) is 0 Å². The molecule has 3 aromatic rings. The summed E-state index contributed by atoms with van der Waals surface area (Å²) < 4.78 is 41.0. The number of para-hydroxylation sites is 1. The first-order valence-electron chi connectivity index (χ1n) is 10.9. The van der Waals surface area contributed by atoms with E-state index in [1.165, 1.54) is 29.2 Å². The number of amides is 2. The topological polar surface area (TPSA) is 77.9 Å². The van der Waals surface area contributed by atoms with E-state index >= 15 is 0 Å². The van der Waals surface area contributed by atoms with Crippen molar-refractivity contribution in [2.24, 2.45) is 0 Å². The average Bonchev–Trinajstić information content (AvgIpc) is 3.09. The number of anilines is 3. The molecular formula is C26H19F3N2O4. The maximum atomic E-state index is 14.3. The molecule has 0 saturated heterocycles. The number of Topliss-reactive ketones (excluding diaryl/α,β-unsaturated/α-hetero) is 1. The summed E-state index contributed by atoms with van der Waals surface area (Å²) in [5, 5.41) is 9.92. The monoisotopic (exact) mass is 480 g/mol. The van der Waals surface area contributed by atoms with Gasteiger partial charge in [-0.05, 0) is 55.0 Å². The Morgan fingerprint density at radius 1 is 0.914 bits per heavy atom. The van der Waals surface area contributed by atoms with E-state index in [4.69, 9.17) is 0 Å². The number of hydrogen-bond donors (Lipinski definition) is 1. The highest BCUT2D eigenvalue weighted by Crippen LogP contribution is 2.50. The maximum Gasteiger partial charge on any atom is 0.416 e. The molecule has 35 heavy (non-hydrogen) atoms. The lowest BCUT2D eigenvalue weighted by atomic mass is 9.78. The molecule has 0 fully saturated rings. The van der Waals surface area contributed by atoms with Crippen molar-refractivity contribution in [3.63, 3.8) is 0 Å². The number of hydrogen-bond acceptors (Lipinski definition) is 4. The van der Waals surface area contributed by atoms with Crippen molar-refractivity contribution in [3.05, 3.63) is 83.4 Å². The highest BCUT2D eigenvalue weighted by molar-refractivity contribution is 6.31. The normalized spacial score (nSPS) is 19.7. The lowest BCUT2D eigenvalue weighted by Gasteiger charge is -2.32. The van der Waals surface area contributed by atoms with Crippen LogP contribution >= 0.6 is 0 Å². The smallest absolute Gasteiger partial charge is 0.416 e. The number of carbonyl (C=O) groups excluding carboxylic acids is 3. The van der Waals surface area contributed by atoms with Crippen LogP contribution < -0.4 is 9.80 Å². The van der Waals surface area contributed by atoms with E-state index < -0.39 is 41.2 Å². The molecule has 178 valence electrons. The van der Waals surface area contributed by atoms with Gasteiger partial charge in [0.05, 0.1) is 16.9 Å².